The van der Waals surface area contributed by atoms with Gasteiger partial charge in [-0.1, -0.05) is 49.1 Å². The minimum absolute atomic E-state index is 0.351. The molecule has 2 aromatic rings. The highest BCUT2D eigenvalue weighted by molar-refractivity contribution is 8.01. The normalized spacial score (nSPS) is 12.9. The number of carbonyl (C=O) groups excluding carboxylic acids is 1. The van der Waals surface area contributed by atoms with Gasteiger partial charge in [0.2, 0.25) is 21.1 Å². The Hall–Kier alpha value is -1.65. The lowest BCUT2D eigenvalue weighted by molar-refractivity contribution is -0.116. The summed E-state index contributed by atoms with van der Waals surface area (Å²) in [6.07, 6.45) is 1.10. The SMILES string of the molecule is Cc1ccc(C)c(N([C@@H](C)C(=O)Nc2nnc(SC(C)C)s2)S(C)(=O)=O)c1. The molecule has 0 spiro atoms. The third-order valence-corrected chi connectivity index (χ3v) is 6.82. The van der Waals surface area contributed by atoms with Gasteiger partial charge in [-0.15, -0.1) is 10.2 Å². The number of anilines is 2. The number of benzene rings is 1. The van der Waals surface area contributed by atoms with E-state index in [1.54, 1.807) is 24.8 Å². The van der Waals surface area contributed by atoms with E-state index >= 15 is 0 Å². The Balaban J connectivity index is 2.27. The van der Waals surface area contributed by atoms with Crippen molar-refractivity contribution in [3.63, 3.8) is 0 Å². The van der Waals surface area contributed by atoms with Gasteiger partial charge in [-0.05, 0) is 38.0 Å². The summed E-state index contributed by atoms with van der Waals surface area (Å²) in [5.41, 5.74) is 2.18. The number of thioether (sulfide) groups is 1. The molecular weight excluding hydrogens is 404 g/mol. The Morgan fingerprint density at radius 2 is 1.89 bits per heavy atom. The van der Waals surface area contributed by atoms with Crippen molar-refractivity contribution in [2.75, 3.05) is 15.9 Å². The number of sulfonamides is 1. The molecule has 0 unspecified atom stereocenters. The molecule has 0 saturated carbocycles. The predicted molar refractivity (Wildman–Crippen MR) is 112 cm³/mol. The summed E-state index contributed by atoms with van der Waals surface area (Å²) in [6, 6.07) is 4.57. The molecular formula is C17H24N4O3S3. The van der Waals surface area contributed by atoms with Gasteiger partial charge in [0, 0.05) is 5.25 Å². The number of hydrogen-bond acceptors (Lipinski definition) is 7. The van der Waals surface area contributed by atoms with Gasteiger partial charge in [0.1, 0.15) is 6.04 Å². The Bertz CT molecular complexity index is 925. The Morgan fingerprint density at radius 1 is 1.22 bits per heavy atom. The Morgan fingerprint density at radius 3 is 2.48 bits per heavy atom. The van der Waals surface area contributed by atoms with E-state index in [0.29, 0.717) is 16.1 Å². The molecule has 1 amide bonds. The molecule has 0 aliphatic rings. The van der Waals surface area contributed by atoms with Crippen LogP contribution in [0.4, 0.5) is 10.8 Å². The summed E-state index contributed by atoms with van der Waals surface area (Å²) in [5.74, 6) is -0.460. The molecule has 1 aromatic heterocycles. The number of aromatic nitrogens is 2. The van der Waals surface area contributed by atoms with Crippen LogP contribution in [0.5, 0.6) is 0 Å². The zero-order valence-corrected chi connectivity index (χ0v) is 18.6. The van der Waals surface area contributed by atoms with E-state index in [-0.39, 0.29) is 0 Å². The minimum Gasteiger partial charge on any atom is -0.299 e. The fourth-order valence-corrected chi connectivity index (χ4v) is 5.66. The third kappa shape index (κ3) is 5.66. The first-order valence-corrected chi connectivity index (χ1v) is 11.9. The lowest BCUT2D eigenvalue weighted by atomic mass is 10.1. The van der Waals surface area contributed by atoms with Gasteiger partial charge in [-0.3, -0.25) is 14.4 Å². The van der Waals surface area contributed by atoms with Gasteiger partial charge in [0.05, 0.1) is 11.9 Å². The maximum atomic E-state index is 12.7. The number of hydrogen-bond donors (Lipinski definition) is 1. The van der Waals surface area contributed by atoms with Crippen molar-refractivity contribution >= 4 is 49.8 Å². The third-order valence-electron chi connectivity index (χ3n) is 3.66. The highest BCUT2D eigenvalue weighted by atomic mass is 32.2. The molecule has 1 atom stereocenters. The molecule has 2 rings (SSSR count). The van der Waals surface area contributed by atoms with Crippen LogP contribution in [0.15, 0.2) is 22.5 Å². The van der Waals surface area contributed by atoms with E-state index in [9.17, 15) is 13.2 Å². The van der Waals surface area contributed by atoms with E-state index in [1.165, 1.54) is 11.3 Å². The van der Waals surface area contributed by atoms with Crippen molar-refractivity contribution in [3.8, 4) is 0 Å². The van der Waals surface area contributed by atoms with Gasteiger partial charge in [0.15, 0.2) is 4.34 Å². The number of nitrogens with one attached hydrogen (secondary N) is 1. The molecule has 0 saturated heterocycles. The second-order valence-corrected chi connectivity index (χ2v) is 11.2. The second kappa shape index (κ2) is 8.57. The van der Waals surface area contributed by atoms with E-state index < -0.39 is 22.0 Å². The molecule has 0 fully saturated rings. The van der Waals surface area contributed by atoms with Crippen LogP contribution < -0.4 is 9.62 Å². The average molecular weight is 429 g/mol. The summed E-state index contributed by atoms with van der Waals surface area (Å²) in [5, 5.41) is 11.4. The van der Waals surface area contributed by atoms with Crippen LogP contribution in [0.2, 0.25) is 0 Å². The Kier molecular flexibility index (Phi) is 6.87. The van der Waals surface area contributed by atoms with Crippen LogP contribution >= 0.6 is 23.1 Å². The number of aryl methyl sites for hydroxylation is 2. The molecule has 27 heavy (non-hydrogen) atoms. The molecule has 0 aliphatic heterocycles. The first-order valence-electron chi connectivity index (χ1n) is 8.36. The van der Waals surface area contributed by atoms with Crippen molar-refractivity contribution in [2.45, 2.75) is 50.3 Å². The van der Waals surface area contributed by atoms with Crippen molar-refractivity contribution in [1.29, 1.82) is 0 Å². The fraction of sp³-hybridized carbons (Fsp3) is 0.471. The van der Waals surface area contributed by atoms with Gasteiger partial charge >= 0.3 is 0 Å². The summed E-state index contributed by atoms with van der Waals surface area (Å²) < 4.78 is 26.8. The highest BCUT2D eigenvalue weighted by Crippen LogP contribution is 2.30. The fourth-order valence-electron chi connectivity index (χ4n) is 2.46. The monoisotopic (exact) mass is 428 g/mol. The van der Waals surface area contributed by atoms with Crippen LogP contribution in [0, 0.1) is 13.8 Å². The lowest BCUT2D eigenvalue weighted by Gasteiger charge is -2.29. The van der Waals surface area contributed by atoms with Gasteiger partial charge in [-0.25, -0.2) is 8.42 Å². The first kappa shape index (κ1) is 21.6. The van der Waals surface area contributed by atoms with Crippen LogP contribution in [0.25, 0.3) is 0 Å². The topological polar surface area (TPSA) is 92.3 Å². The Labute approximate surface area is 168 Å². The van der Waals surface area contributed by atoms with Gasteiger partial charge in [-0.2, -0.15) is 0 Å². The molecule has 1 aromatic carbocycles. The maximum absolute atomic E-state index is 12.7. The molecule has 0 radical (unpaired) electrons. The van der Waals surface area contributed by atoms with E-state index in [4.69, 9.17) is 0 Å². The standard InChI is InChI=1S/C17H24N4O3S3/c1-10(2)25-17-20-19-16(26-17)18-15(22)13(5)21(27(6,23)24)14-9-11(3)7-8-12(14)4/h7-10,13H,1-6H3,(H,18,19,22)/t13-/m0/s1. The van der Waals surface area contributed by atoms with E-state index in [2.05, 4.69) is 15.5 Å². The molecule has 1 N–H and O–H groups in total. The first-order chi connectivity index (χ1) is 12.5. The summed E-state index contributed by atoms with van der Waals surface area (Å²) in [7, 11) is -3.67. The van der Waals surface area contributed by atoms with Crippen LogP contribution in [0.3, 0.4) is 0 Å². The molecule has 7 nitrogen and oxygen atoms in total. The molecule has 10 heteroatoms. The summed E-state index contributed by atoms with van der Waals surface area (Å²) >= 11 is 2.82. The van der Waals surface area contributed by atoms with Crippen molar-refractivity contribution in [2.24, 2.45) is 0 Å². The lowest BCUT2D eigenvalue weighted by Crippen LogP contribution is -2.45. The summed E-state index contributed by atoms with van der Waals surface area (Å²) in [4.78, 5) is 12.7. The zero-order chi connectivity index (χ0) is 20.4. The van der Waals surface area contributed by atoms with Gasteiger partial charge < -0.3 is 0 Å². The quantitative estimate of drug-likeness (QED) is 0.536. The highest BCUT2D eigenvalue weighted by Gasteiger charge is 2.30. The van der Waals surface area contributed by atoms with Crippen molar-refractivity contribution < 1.29 is 13.2 Å². The van der Waals surface area contributed by atoms with Gasteiger partial charge in [0.25, 0.3) is 0 Å². The zero-order valence-electron chi connectivity index (χ0n) is 16.2. The van der Waals surface area contributed by atoms with Crippen LogP contribution in [0.1, 0.15) is 31.9 Å². The predicted octanol–water partition coefficient (Wildman–Crippen LogP) is 3.45. The number of carbonyl (C=O) groups is 1. The molecule has 0 bridgehead atoms. The smallest absolute Gasteiger partial charge is 0.249 e. The minimum atomic E-state index is -3.67. The molecule has 148 valence electrons. The van der Waals surface area contributed by atoms with Crippen molar-refractivity contribution in [1.82, 2.24) is 10.2 Å². The maximum Gasteiger partial charge on any atom is 0.249 e. The number of rotatable bonds is 7. The van der Waals surface area contributed by atoms with E-state index in [1.807, 2.05) is 39.8 Å². The van der Waals surface area contributed by atoms with E-state index in [0.717, 1.165) is 26.0 Å². The largest absolute Gasteiger partial charge is 0.299 e. The molecule has 0 aliphatic carbocycles. The summed E-state index contributed by atoms with van der Waals surface area (Å²) in [6.45, 7) is 9.34. The molecule has 1 heterocycles. The van der Waals surface area contributed by atoms with Crippen molar-refractivity contribution in [3.05, 3.63) is 29.3 Å². The number of amides is 1. The van der Waals surface area contributed by atoms with Crippen LogP contribution in [-0.2, 0) is 14.8 Å². The second-order valence-electron chi connectivity index (χ2n) is 6.55. The number of nitrogens with zero attached hydrogens (tertiary/aromatic N) is 3. The average Bonchev–Trinajstić information content (AvgIpc) is 2.95. The van der Waals surface area contributed by atoms with Crippen LogP contribution in [-0.4, -0.2) is 42.1 Å².